The highest BCUT2D eigenvalue weighted by Crippen LogP contribution is 2.34. The van der Waals surface area contributed by atoms with Crippen LogP contribution in [0.15, 0.2) is 12.1 Å². The van der Waals surface area contributed by atoms with Crippen LogP contribution in [-0.4, -0.2) is 30.7 Å². The smallest absolute Gasteiger partial charge is 0.255 e. The Kier molecular flexibility index (Phi) is 3.94. The number of ether oxygens (including phenoxy) is 2. The molecule has 1 aromatic heterocycles. The lowest BCUT2D eigenvalue weighted by molar-refractivity contribution is -0.129. The highest BCUT2D eigenvalue weighted by Gasteiger charge is 2.23. The fraction of sp³-hybridized carbons (Fsp3) is 0.429. The van der Waals surface area contributed by atoms with E-state index in [0.29, 0.717) is 28.7 Å². The quantitative estimate of drug-likeness (QED) is 0.850. The Labute approximate surface area is 126 Å². The van der Waals surface area contributed by atoms with E-state index in [9.17, 15) is 4.79 Å². The molecule has 0 aliphatic carbocycles. The molecule has 2 heterocycles. The van der Waals surface area contributed by atoms with Gasteiger partial charge in [0.25, 0.3) is 5.91 Å². The molecule has 21 heavy (non-hydrogen) atoms. The molecule has 3 rings (SSSR count). The molecule has 1 amide bonds. The minimum Gasteiger partial charge on any atom is -0.494 e. The first kappa shape index (κ1) is 14.1. The van der Waals surface area contributed by atoms with Crippen LogP contribution < -0.4 is 15.8 Å². The average molecular weight is 307 g/mol. The van der Waals surface area contributed by atoms with Gasteiger partial charge in [0.1, 0.15) is 17.4 Å². The Hall–Kier alpha value is -1.86. The van der Waals surface area contributed by atoms with Gasteiger partial charge in [0.15, 0.2) is 5.13 Å². The molecule has 0 bridgehead atoms. The number of nitrogen functional groups attached to an aromatic ring is 1. The largest absolute Gasteiger partial charge is 0.494 e. The molecule has 0 spiro atoms. The molecule has 0 radical (unpaired) electrons. The number of fused-ring (bicyclic) bond motifs is 1. The number of nitrogens with zero attached hydrogens (tertiary/aromatic N) is 1. The summed E-state index contributed by atoms with van der Waals surface area (Å²) in [6.45, 7) is 0.641. The van der Waals surface area contributed by atoms with Crippen LogP contribution in [-0.2, 0) is 9.53 Å². The van der Waals surface area contributed by atoms with Crippen LogP contribution in [0.1, 0.15) is 19.3 Å². The van der Waals surface area contributed by atoms with Crippen LogP contribution in [0.25, 0.3) is 10.2 Å². The molecule has 0 saturated carbocycles. The SMILES string of the molecule is COc1cc(N)cc2sc(NC(=O)C3CCCCO3)nc12. The van der Waals surface area contributed by atoms with E-state index in [-0.39, 0.29) is 12.0 Å². The van der Waals surface area contributed by atoms with Gasteiger partial charge < -0.3 is 15.2 Å². The number of aromatic nitrogens is 1. The first-order valence-corrected chi connectivity index (χ1v) is 7.65. The van der Waals surface area contributed by atoms with Crippen molar-refractivity contribution in [1.29, 1.82) is 0 Å². The van der Waals surface area contributed by atoms with Gasteiger partial charge in [-0.3, -0.25) is 10.1 Å². The van der Waals surface area contributed by atoms with Crippen molar-refractivity contribution in [2.45, 2.75) is 25.4 Å². The van der Waals surface area contributed by atoms with Crippen molar-refractivity contribution >= 4 is 38.3 Å². The number of carbonyl (C=O) groups excluding carboxylic acids is 1. The fourth-order valence-corrected chi connectivity index (χ4v) is 3.30. The van der Waals surface area contributed by atoms with Gasteiger partial charge in [0.2, 0.25) is 0 Å². The monoisotopic (exact) mass is 307 g/mol. The van der Waals surface area contributed by atoms with Crippen molar-refractivity contribution < 1.29 is 14.3 Å². The minimum atomic E-state index is -0.377. The summed E-state index contributed by atoms with van der Waals surface area (Å²) >= 11 is 1.37. The first-order valence-electron chi connectivity index (χ1n) is 6.84. The maximum Gasteiger partial charge on any atom is 0.255 e. The second-order valence-corrected chi connectivity index (χ2v) is 5.96. The lowest BCUT2D eigenvalue weighted by Gasteiger charge is -2.20. The lowest BCUT2D eigenvalue weighted by Crippen LogP contribution is -2.33. The number of carbonyl (C=O) groups is 1. The van der Waals surface area contributed by atoms with E-state index in [0.717, 1.165) is 24.0 Å². The molecule has 1 atom stereocenters. The Morgan fingerprint density at radius 2 is 2.38 bits per heavy atom. The standard InChI is InChI=1S/C14H17N3O3S/c1-19-10-6-8(15)7-11-12(10)16-14(21-11)17-13(18)9-4-2-3-5-20-9/h6-7,9H,2-5,15H2,1H3,(H,16,17,18). The van der Waals surface area contributed by atoms with E-state index < -0.39 is 0 Å². The highest BCUT2D eigenvalue weighted by atomic mass is 32.1. The molecule has 1 aliphatic heterocycles. The predicted molar refractivity (Wildman–Crippen MR) is 82.8 cm³/mol. The Morgan fingerprint density at radius 3 is 3.10 bits per heavy atom. The summed E-state index contributed by atoms with van der Waals surface area (Å²) in [5.41, 5.74) is 7.13. The number of amides is 1. The van der Waals surface area contributed by atoms with Gasteiger partial charge in [0.05, 0.1) is 11.8 Å². The van der Waals surface area contributed by atoms with Crippen molar-refractivity contribution in [3.63, 3.8) is 0 Å². The number of rotatable bonds is 3. The van der Waals surface area contributed by atoms with Crippen LogP contribution in [0.4, 0.5) is 10.8 Å². The third kappa shape index (κ3) is 2.93. The summed E-state index contributed by atoms with van der Waals surface area (Å²) in [5, 5.41) is 3.35. The van der Waals surface area contributed by atoms with Gasteiger partial charge >= 0.3 is 0 Å². The number of benzene rings is 1. The number of hydrogen-bond acceptors (Lipinski definition) is 6. The number of thiazole rings is 1. The highest BCUT2D eigenvalue weighted by molar-refractivity contribution is 7.22. The number of anilines is 2. The molecule has 3 N–H and O–H groups in total. The van der Waals surface area contributed by atoms with Crippen molar-refractivity contribution in [3.05, 3.63) is 12.1 Å². The van der Waals surface area contributed by atoms with Crippen molar-refractivity contribution in [3.8, 4) is 5.75 Å². The Bertz CT molecular complexity index is 665. The molecule has 1 fully saturated rings. The third-order valence-corrected chi connectivity index (χ3v) is 4.32. The summed E-state index contributed by atoms with van der Waals surface area (Å²) in [6.07, 6.45) is 2.41. The molecule has 1 unspecified atom stereocenters. The van der Waals surface area contributed by atoms with Crippen molar-refractivity contribution in [2.24, 2.45) is 0 Å². The zero-order valence-electron chi connectivity index (χ0n) is 11.7. The maximum atomic E-state index is 12.1. The van der Waals surface area contributed by atoms with E-state index in [1.54, 1.807) is 13.2 Å². The molecule has 112 valence electrons. The molecule has 1 aliphatic rings. The van der Waals surface area contributed by atoms with Gasteiger partial charge in [-0.2, -0.15) is 0 Å². The van der Waals surface area contributed by atoms with Gasteiger partial charge in [-0.25, -0.2) is 4.98 Å². The molecule has 6 nitrogen and oxygen atoms in total. The molecule has 1 aromatic carbocycles. The second kappa shape index (κ2) is 5.87. The van der Waals surface area contributed by atoms with Crippen LogP contribution in [0.5, 0.6) is 5.75 Å². The van der Waals surface area contributed by atoms with E-state index in [1.807, 2.05) is 6.07 Å². The minimum absolute atomic E-state index is 0.138. The summed E-state index contributed by atoms with van der Waals surface area (Å²) in [5.74, 6) is 0.469. The third-order valence-electron chi connectivity index (χ3n) is 3.40. The van der Waals surface area contributed by atoms with Crippen molar-refractivity contribution in [1.82, 2.24) is 4.98 Å². The molecule has 1 saturated heterocycles. The Morgan fingerprint density at radius 1 is 1.52 bits per heavy atom. The van der Waals surface area contributed by atoms with Crippen LogP contribution in [0.2, 0.25) is 0 Å². The Balaban J connectivity index is 1.82. The predicted octanol–water partition coefficient (Wildman–Crippen LogP) is 2.39. The average Bonchev–Trinajstić information content (AvgIpc) is 2.89. The van der Waals surface area contributed by atoms with E-state index in [2.05, 4.69) is 10.3 Å². The molecule has 7 heteroatoms. The van der Waals surface area contributed by atoms with Gasteiger partial charge in [-0.05, 0) is 25.3 Å². The number of nitrogens with two attached hydrogens (primary N) is 1. The lowest BCUT2D eigenvalue weighted by atomic mass is 10.1. The molecule has 2 aromatic rings. The fourth-order valence-electron chi connectivity index (χ4n) is 2.36. The maximum absolute atomic E-state index is 12.1. The molecular weight excluding hydrogens is 290 g/mol. The van der Waals surface area contributed by atoms with Crippen LogP contribution in [0, 0.1) is 0 Å². The topological polar surface area (TPSA) is 86.5 Å². The van der Waals surface area contributed by atoms with E-state index in [1.165, 1.54) is 11.3 Å². The summed E-state index contributed by atoms with van der Waals surface area (Å²) < 4.78 is 11.6. The number of hydrogen-bond donors (Lipinski definition) is 2. The van der Waals surface area contributed by atoms with Crippen molar-refractivity contribution in [2.75, 3.05) is 24.8 Å². The van der Waals surface area contributed by atoms with Crippen LogP contribution >= 0.6 is 11.3 Å². The van der Waals surface area contributed by atoms with Gasteiger partial charge in [0, 0.05) is 18.4 Å². The normalized spacial score (nSPS) is 18.6. The number of methoxy groups -OCH3 is 1. The number of nitrogens with one attached hydrogen (secondary N) is 1. The van der Waals surface area contributed by atoms with E-state index >= 15 is 0 Å². The van der Waals surface area contributed by atoms with E-state index in [4.69, 9.17) is 15.2 Å². The zero-order chi connectivity index (χ0) is 14.8. The van der Waals surface area contributed by atoms with Gasteiger partial charge in [-0.1, -0.05) is 11.3 Å². The van der Waals surface area contributed by atoms with Gasteiger partial charge in [-0.15, -0.1) is 0 Å². The summed E-state index contributed by atoms with van der Waals surface area (Å²) in [7, 11) is 1.57. The molecular formula is C14H17N3O3S. The zero-order valence-corrected chi connectivity index (χ0v) is 12.5. The summed E-state index contributed by atoms with van der Waals surface area (Å²) in [6, 6.07) is 3.54. The van der Waals surface area contributed by atoms with Crippen LogP contribution in [0.3, 0.4) is 0 Å². The first-order chi connectivity index (χ1) is 10.2. The second-order valence-electron chi connectivity index (χ2n) is 4.93. The summed E-state index contributed by atoms with van der Waals surface area (Å²) in [4.78, 5) is 16.6.